The first-order chi connectivity index (χ1) is 17.0. The van der Waals surface area contributed by atoms with Crippen molar-refractivity contribution in [2.45, 2.75) is 44.8 Å². The van der Waals surface area contributed by atoms with Crippen molar-refractivity contribution in [2.75, 3.05) is 30.0 Å². The molecule has 0 bridgehead atoms. The van der Waals surface area contributed by atoms with Gasteiger partial charge in [0.2, 0.25) is 0 Å². The van der Waals surface area contributed by atoms with Gasteiger partial charge in [-0.05, 0) is 55.3 Å². The van der Waals surface area contributed by atoms with Crippen LogP contribution in [0.25, 0.3) is 11.1 Å². The van der Waals surface area contributed by atoms with Gasteiger partial charge in [0.15, 0.2) is 0 Å². The summed E-state index contributed by atoms with van der Waals surface area (Å²) in [6, 6.07) is 10.1. The van der Waals surface area contributed by atoms with Gasteiger partial charge in [-0.2, -0.15) is 8.78 Å². The van der Waals surface area contributed by atoms with Gasteiger partial charge < -0.3 is 20.1 Å². The second-order valence-corrected chi connectivity index (χ2v) is 9.79. The van der Waals surface area contributed by atoms with E-state index >= 15 is 0 Å². The summed E-state index contributed by atoms with van der Waals surface area (Å²) in [5, 5.41) is 13.9. The molecule has 7 nitrogen and oxygen atoms in total. The van der Waals surface area contributed by atoms with Gasteiger partial charge in [0.05, 0.1) is 30.6 Å². The molecule has 2 aromatic heterocycles. The van der Waals surface area contributed by atoms with E-state index in [2.05, 4.69) is 20.2 Å². The highest BCUT2D eigenvalue weighted by Crippen LogP contribution is 2.42. The predicted octanol–water partition coefficient (Wildman–Crippen LogP) is 4.63. The zero-order chi connectivity index (χ0) is 25.7. The van der Waals surface area contributed by atoms with Crippen LogP contribution in [0.15, 0.2) is 48.8 Å². The van der Waals surface area contributed by atoms with Gasteiger partial charge in [-0.1, -0.05) is 6.07 Å². The van der Waals surface area contributed by atoms with Crippen molar-refractivity contribution in [1.29, 1.82) is 0 Å². The van der Waals surface area contributed by atoms with Crippen LogP contribution < -0.4 is 10.2 Å². The molecule has 2 N–H and O–H groups in total. The van der Waals surface area contributed by atoms with Gasteiger partial charge >= 0.3 is 0 Å². The van der Waals surface area contributed by atoms with Crippen molar-refractivity contribution in [3.05, 3.63) is 71.3 Å². The lowest BCUT2D eigenvalue weighted by molar-refractivity contribution is 0.000923. The summed E-state index contributed by atoms with van der Waals surface area (Å²) in [6.45, 7) is 6.38. The van der Waals surface area contributed by atoms with Crippen molar-refractivity contribution in [1.82, 2.24) is 9.97 Å². The number of alkyl halides is 2. The van der Waals surface area contributed by atoms with Crippen LogP contribution in [0.2, 0.25) is 0 Å². The predicted molar refractivity (Wildman–Crippen MR) is 132 cm³/mol. The van der Waals surface area contributed by atoms with Crippen LogP contribution in [0.4, 0.5) is 20.2 Å². The quantitative estimate of drug-likeness (QED) is 0.550. The van der Waals surface area contributed by atoms with E-state index < -0.39 is 23.1 Å². The molecule has 0 spiro atoms. The van der Waals surface area contributed by atoms with Crippen LogP contribution in [0, 0.1) is 6.92 Å². The molecule has 2 aliphatic rings. The molecule has 1 saturated heterocycles. The minimum atomic E-state index is -3.14. The SMILES string of the molecule is Cc1ccc(NC(=O)c2ccnc(C(C)(F)F)c2)cc1-c1cnc2c(c1)N1CCOCC1CC2(C)O. The Morgan fingerprint density at radius 3 is 2.83 bits per heavy atom. The first kappa shape index (κ1) is 24.3. The number of nitrogens with one attached hydrogen (secondary N) is 1. The zero-order valence-corrected chi connectivity index (χ0v) is 20.4. The lowest BCUT2D eigenvalue weighted by atomic mass is 9.85. The van der Waals surface area contributed by atoms with Gasteiger partial charge in [0.25, 0.3) is 11.8 Å². The highest BCUT2D eigenvalue weighted by Gasteiger charge is 2.41. The lowest BCUT2D eigenvalue weighted by Gasteiger charge is -2.46. The number of ether oxygens (including phenoxy) is 1. The number of aromatic nitrogens is 2. The number of amides is 1. The first-order valence-corrected chi connectivity index (χ1v) is 11.9. The number of anilines is 2. The molecule has 2 unspecified atom stereocenters. The molecular weight excluding hydrogens is 466 g/mol. The molecule has 2 atom stereocenters. The summed E-state index contributed by atoms with van der Waals surface area (Å²) >= 11 is 0. The Morgan fingerprint density at radius 2 is 2.06 bits per heavy atom. The molecule has 2 aliphatic heterocycles. The highest BCUT2D eigenvalue weighted by molar-refractivity contribution is 6.04. The number of carbonyl (C=O) groups is 1. The fraction of sp³-hybridized carbons (Fsp3) is 0.370. The minimum Gasteiger partial charge on any atom is -0.384 e. The number of aliphatic hydroxyl groups is 1. The average molecular weight is 495 g/mol. The van der Waals surface area contributed by atoms with Crippen molar-refractivity contribution >= 4 is 17.3 Å². The molecule has 3 aromatic rings. The molecule has 1 fully saturated rings. The molecule has 1 amide bonds. The maximum Gasteiger partial charge on any atom is 0.286 e. The molecule has 1 aromatic carbocycles. The fourth-order valence-electron chi connectivity index (χ4n) is 4.96. The number of fused-ring (bicyclic) bond motifs is 3. The van der Waals surface area contributed by atoms with Crippen LogP contribution in [-0.2, 0) is 16.3 Å². The molecule has 5 rings (SSSR count). The van der Waals surface area contributed by atoms with E-state index in [0.29, 0.717) is 31.0 Å². The standard InChI is InChI=1S/C27H28F2N4O3/c1-16-4-5-19(32-25(34)17-6-7-30-23(11-17)27(3,28)29)12-21(16)18-10-22-24(31-14-18)26(2,35)13-20-15-36-9-8-33(20)22/h4-7,10-12,14,20,35H,8-9,13,15H2,1-3H3,(H,32,34). The second kappa shape index (κ2) is 8.90. The molecule has 36 heavy (non-hydrogen) atoms. The van der Waals surface area contributed by atoms with E-state index in [1.165, 1.54) is 12.3 Å². The van der Waals surface area contributed by atoms with Crippen molar-refractivity contribution in [2.24, 2.45) is 0 Å². The van der Waals surface area contributed by atoms with Crippen LogP contribution in [0.1, 0.15) is 47.6 Å². The summed E-state index contributed by atoms with van der Waals surface area (Å²) in [5.74, 6) is -3.65. The molecule has 4 heterocycles. The van der Waals surface area contributed by atoms with Gasteiger partial charge in [-0.25, -0.2) is 0 Å². The number of hydrogen-bond donors (Lipinski definition) is 2. The summed E-state index contributed by atoms with van der Waals surface area (Å²) in [7, 11) is 0. The van der Waals surface area contributed by atoms with Gasteiger partial charge in [0.1, 0.15) is 11.3 Å². The molecule has 188 valence electrons. The molecule has 0 radical (unpaired) electrons. The smallest absolute Gasteiger partial charge is 0.286 e. The summed E-state index contributed by atoms with van der Waals surface area (Å²) in [5.41, 5.74) is 3.33. The van der Waals surface area contributed by atoms with Crippen molar-refractivity contribution in [3.8, 4) is 11.1 Å². The number of rotatable bonds is 4. The van der Waals surface area contributed by atoms with Crippen LogP contribution in [0.5, 0.6) is 0 Å². The number of halogens is 2. The van der Waals surface area contributed by atoms with E-state index in [1.807, 2.05) is 25.1 Å². The Labute approximate surface area is 208 Å². The van der Waals surface area contributed by atoms with E-state index in [9.17, 15) is 18.7 Å². The Hall–Kier alpha value is -3.43. The lowest BCUT2D eigenvalue weighted by Crippen LogP contribution is -2.53. The monoisotopic (exact) mass is 494 g/mol. The van der Waals surface area contributed by atoms with E-state index in [0.717, 1.165) is 41.9 Å². The summed E-state index contributed by atoms with van der Waals surface area (Å²) in [6.07, 6.45) is 3.49. The van der Waals surface area contributed by atoms with E-state index in [-0.39, 0.29) is 11.6 Å². The number of aryl methyl sites for hydroxylation is 1. The third-order valence-corrected chi connectivity index (χ3v) is 6.83. The highest BCUT2D eigenvalue weighted by atomic mass is 19.3. The van der Waals surface area contributed by atoms with Gasteiger partial charge in [-0.15, -0.1) is 0 Å². The van der Waals surface area contributed by atoms with Crippen molar-refractivity contribution < 1.29 is 23.4 Å². The summed E-state index contributed by atoms with van der Waals surface area (Å²) in [4.78, 5) is 23.4. The maximum atomic E-state index is 13.7. The third kappa shape index (κ3) is 4.56. The topological polar surface area (TPSA) is 87.6 Å². The number of carbonyl (C=O) groups excluding carboxylic acids is 1. The largest absolute Gasteiger partial charge is 0.384 e. The van der Waals surface area contributed by atoms with E-state index in [4.69, 9.17) is 4.74 Å². The fourth-order valence-corrected chi connectivity index (χ4v) is 4.96. The average Bonchev–Trinajstić information content (AvgIpc) is 2.84. The Balaban J connectivity index is 1.46. The number of nitrogens with zero attached hydrogens (tertiary/aromatic N) is 3. The van der Waals surface area contributed by atoms with Gasteiger partial charge in [-0.3, -0.25) is 14.8 Å². The number of morpholine rings is 1. The number of hydrogen-bond acceptors (Lipinski definition) is 6. The zero-order valence-electron chi connectivity index (χ0n) is 20.4. The van der Waals surface area contributed by atoms with Crippen molar-refractivity contribution in [3.63, 3.8) is 0 Å². The third-order valence-electron chi connectivity index (χ3n) is 6.83. The Kier molecular flexibility index (Phi) is 6.00. The van der Waals surface area contributed by atoms with Crippen LogP contribution >= 0.6 is 0 Å². The van der Waals surface area contributed by atoms with Crippen LogP contribution in [-0.4, -0.2) is 46.8 Å². The minimum absolute atomic E-state index is 0.0748. The molecular formula is C27H28F2N4O3. The first-order valence-electron chi connectivity index (χ1n) is 11.9. The number of benzene rings is 1. The van der Waals surface area contributed by atoms with Crippen LogP contribution in [0.3, 0.4) is 0 Å². The maximum absolute atomic E-state index is 13.7. The normalized spacial score (nSPS) is 21.5. The van der Waals surface area contributed by atoms with E-state index in [1.54, 1.807) is 19.2 Å². The second-order valence-electron chi connectivity index (χ2n) is 9.79. The Morgan fingerprint density at radius 1 is 1.25 bits per heavy atom. The molecule has 0 saturated carbocycles. The molecule has 9 heteroatoms. The summed E-state index contributed by atoms with van der Waals surface area (Å²) < 4.78 is 32.9. The Bertz CT molecular complexity index is 1320. The number of pyridine rings is 2. The molecule has 0 aliphatic carbocycles. The van der Waals surface area contributed by atoms with Gasteiger partial charge in [0, 0.05) is 49.1 Å².